The van der Waals surface area contributed by atoms with Crippen molar-refractivity contribution in [2.45, 2.75) is 24.9 Å². The summed E-state index contributed by atoms with van der Waals surface area (Å²) in [5, 5.41) is 3.20. The van der Waals surface area contributed by atoms with E-state index >= 15 is 0 Å². The van der Waals surface area contributed by atoms with E-state index in [1.165, 1.54) is 12.1 Å². The van der Waals surface area contributed by atoms with Gasteiger partial charge in [0.15, 0.2) is 0 Å². The summed E-state index contributed by atoms with van der Waals surface area (Å²) in [5.74, 6) is -0.720. The Balaban J connectivity index is 2.11. The summed E-state index contributed by atoms with van der Waals surface area (Å²) in [6.07, 6.45) is 1.49. The molecule has 0 spiro atoms. The molecule has 6 heteroatoms. The lowest BCUT2D eigenvalue weighted by Gasteiger charge is -2.36. The fourth-order valence-electron chi connectivity index (χ4n) is 2.13. The highest BCUT2D eigenvalue weighted by atomic mass is 79.9. The molecule has 0 radical (unpaired) electrons. The van der Waals surface area contributed by atoms with Gasteiger partial charge in [-0.2, -0.15) is 0 Å². The molecule has 0 bridgehead atoms. The first kappa shape index (κ1) is 15.2. The highest BCUT2D eigenvalue weighted by molar-refractivity contribution is 9.10. The third kappa shape index (κ3) is 3.45. The number of hydrogen-bond donors (Lipinski definition) is 1. The molecule has 0 aliphatic carbocycles. The molecule has 0 aromatic heterocycles. The molecule has 19 heavy (non-hydrogen) atoms. The van der Waals surface area contributed by atoms with Crippen molar-refractivity contribution in [1.82, 2.24) is 5.32 Å². The minimum Gasteiger partial charge on any atom is -0.381 e. The van der Waals surface area contributed by atoms with Gasteiger partial charge in [-0.3, -0.25) is 0 Å². The van der Waals surface area contributed by atoms with Gasteiger partial charge in [0.25, 0.3) is 0 Å². The zero-order valence-corrected chi connectivity index (χ0v) is 12.7. The average molecular weight is 355 g/mol. The van der Waals surface area contributed by atoms with Crippen LogP contribution in [0.4, 0.5) is 8.78 Å². The van der Waals surface area contributed by atoms with Crippen molar-refractivity contribution in [3.8, 4) is 0 Å². The molecule has 1 aliphatic rings. The van der Waals surface area contributed by atoms with E-state index in [1.54, 1.807) is 0 Å². The van der Waals surface area contributed by atoms with Crippen molar-refractivity contribution in [3.63, 3.8) is 0 Å². The van der Waals surface area contributed by atoms with Crippen LogP contribution in [0.2, 0.25) is 0 Å². The maximum absolute atomic E-state index is 13.9. The van der Waals surface area contributed by atoms with Crippen molar-refractivity contribution in [2.75, 3.05) is 19.1 Å². The molecule has 2 nitrogen and oxygen atoms in total. The van der Waals surface area contributed by atoms with Crippen molar-refractivity contribution >= 4 is 27.5 Å². The summed E-state index contributed by atoms with van der Waals surface area (Å²) >= 11 is 9.06. The minimum absolute atomic E-state index is 0.0327. The monoisotopic (exact) mass is 353 g/mol. The summed E-state index contributed by atoms with van der Waals surface area (Å²) in [7, 11) is 0. The molecule has 0 amide bonds. The number of ether oxygens (including phenoxy) is 1. The molecule has 2 rings (SSSR count). The largest absolute Gasteiger partial charge is 0.381 e. The SMILES string of the molecule is Fc1ccc(Br)c(F)c1CNC1(CCl)CCOCC1. The van der Waals surface area contributed by atoms with Crippen molar-refractivity contribution in [3.05, 3.63) is 33.8 Å². The van der Waals surface area contributed by atoms with Crippen molar-refractivity contribution in [2.24, 2.45) is 0 Å². The second-order valence-electron chi connectivity index (χ2n) is 4.70. The summed E-state index contributed by atoms with van der Waals surface area (Å²) in [6, 6.07) is 2.61. The topological polar surface area (TPSA) is 21.3 Å². The van der Waals surface area contributed by atoms with Crippen LogP contribution in [0.3, 0.4) is 0 Å². The summed E-state index contributed by atoms with van der Waals surface area (Å²) in [4.78, 5) is 0. The number of nitrogens with one attached hydrogen (secondary N) is 1. The van der Waals surface area contributed by atoms with Crippen LogP contribution in [0.5, 0.6) is 0 Å². The molecule has 1 heterocycles. The van der Waals surface area contributed by atoms with Crippen LogP contribution >= 0.6 is 27.5 Å². The van der Waals surface area contributed by atoms with Gasteiger partial charge in [-0.1, -0.05) is 0 Å². The molecule has 0 unspecified atom stereocenters. The van der Waals surface area contributed by atoms with Crippen LogP contribution in [0, 0.1) is 11.6 Å². The Hall–Kier alpha value is -0.230. The molecule has 1 aliphatic heterocycles. The van der Waals surface area contributed by atoms with Crippen LogP contribution in [0.1, 0.15) is 18.4 Å². The molecule has 1 N–H and O–H groups in total. The van der Waals surface area contributed by atoms with Crippen molar-refractivity contribution in [1.29, 1.82) is 0 Å². The Morgan fingerprint density at radius 2 is 2.00 bits per heavy atom. The van der Waals surface area contributed by atoms with E-state index in [0.717, 1.165) is 12.8 Å². The fourth-order valence-corrected chi connectivity index (χ4v) is 2.86. The van der Waals surface area contributed by atoms with E-state index < -0.39 is 11.6 Å². The zero-order valence-electron chi connectivity index (χ0n) is 10.3. The highest BCUT2D eigenvalue weighted by Crippen LogP contribution is 2.25. The van der Waals surface area contributed by atoms with Crippen LogP contribution < -0.4 is 5.32 Å². The van der Waals surface area contributed by atoms with Crippen LogP contribution in [-0.2, 0) is 11.3 Å². The van der Waals surface area contributed by atoms with Gasteiger partial charge in [0.1, 0.15) is 11.6 Å². The number of alkyl halides is 1. The predicted octanol–water partition coefficient (Wildman–Crippen LogP) is 3.60. The molecule has 106 valence electrons. The van der Waals surface area contributed by atoms with Gasteiger partial charge >= 0.3 is 0 Å². The van der Waals surface area contributed by atoms with Crippen molar-refractivity contribution < 1.29 is 13.5 Å². The molecule has 1 fully saturated rings. The van der Waals surface area contributed by atoms with E-state index in [4.69, 9.17) is 16.3 Å². The molecular formula is C13H15BrClF2NO. The Bertz CT molecular complexity index is 453. The number of benzene rings is 1. The summed E-state index contributed by atoms with van der Waals surface area (Å²) in [5.41, 5.74) is -0.272. The van der Waals surface area contributed by atoms with Gasteiger partial charge in [-0.05, 0) is 40.9 Å². The number of halogens is 4. The van der Waals surface area contributed by atoms with Gasteiger partial charge < -0.3 is 10.1 Å². The molecule has 0 saturated carbocycles. The van der Waals surface area contributed by atoms with Gasteiger partial charge in [-0.15, -0.1) is 11.6 Å². The molecular weight excluding hydrogens is 340 g/mol. The lowest BCUT2D eigenvalue weighted by Crippen LogP contribution is -2.50. The molecule has 1 aromatic rings. The predicted molar refractivity (Wildman–Crippen MR) is 74.4 cm³/mol. The minimum atomic E-state index is -0.565. The quantitative estimate of drug-likeness (QED) is 0.659. The smallest absolute Gasteiger partial charge is 0.144 e. The molecule has 1 saturated heterocycles. The second-order valence-corrected chi connectivity index (χ2v) is 5.82. The Kier molecular flexibility index (Phi) is 5.17. The average Bonchev–Trinajstić information content (AvgIpc) is 2.44. The Morgan fingerprint density at radius 3 is 2.63 bits per heavy atom. The first-order valence-corrected chi connectivity index (χ1v) is 7.42. The zero-order chi connectivity index (χ0) is 13.9. The van der Waals surface area contributed by atoms with Gasteiger partial charge in [-0.25, -0.2) is 8.78 Å². The third-order valence-electron chi connectivity index (χ3n) is 3.48. The Morgan fingerprint density at radius 1 is 1.32 bits per heavy atom. The first-order valence-electron chi connectivity index (χ1n) is 6.09. The first-order chi connectivity index (χ1) is 9.08. The highest BCUT2D eigenvalue weighted by Gasteiger charge is 2.31. The van der Waals surface area contributed by atoms with Crippen LogP contribution in [0.25, 0.3) is 0 Å². The maximum atomic E-state index is 13.9. The summed E-state index contributed by atoms with van der Waals surface area (Å²) in [6.45, 7) is 1.34. The van der Waals surface area contributed by atoms with Crippen LogP contribution in [0.15, 0.2) is 16.6 Å². The van der Waals surface area contributed by atoms with Crippen LogP contribution in [-0.4, -0.2) is 24.6 Å². The third-order valence-corrected chi connectivity index (χ3v) is 4.61. The van der Waals surface area contributed by atoms with E-state index in [9.17, 15) is 8.78 Å². The van der Waals surface area contributed by atoms with E-state index in [2.05, 4.69) is 21.2 Å². The second kappa shape index (κ2) is 6.48. The van der Waals surface area contributed by atoms with E-state index in [-0.39, 0.29) is 22.1 Å². The molecule has 1 aromatic carbocycles. The van der Waals surface area contributed by atoms with E-state index in [0.29, 0.717) is 19.1 Å². The number of rotatable bonds is 4. The lowest BCUT2D eigenvalue weighted by atomic mass is 9.92. The lowest BCUT2D eigenvalue weighted by molar-refractivity contribution is 0.0457. The van der Waals surface area contributed by atoms with Gasteiger partial charge in [0, 0.05) is 36.7 Å². The number of hydrogen-bond acceptors (Lipinski definition) is 2. The standard InChI is InChI=1S/C13H15BrClF2NO/c14-10-1-2-11(16)9(12(10)17)7-18-13(8-15)3-5-19-6-4-13/h1-2,18H,3-8H2. The Labute approximate surface area is 124 Å². The summed E-state index contributed by atoms with van der Waals surface area (Å²) < 4.78 is 33.1. The normalized spacial score (nSPS) is 18.5. The van der Waals surface area contributed by atoms with E-state index in [1.807, 2.05) is 0 Å². The van der Waals surface area contributed by atoms with Gasteiger partial charge in [0.2, 0.25) is 0 Å². The fraction of sp³-hybridized carbons (Fsp3) is 0.538. The maximum Gasteiger partial charge on any atom is 0.144 e. The van der Waals surface area contributed by atoms with Gasteiger partial charge in [0.05, 0.1) is 4.47 Å². The molecule has 0 atom stereocenters.